The lowest BCUT2D eigenvalue weighted by Gasteiger charge is -2.16. The van der Waals surface area contributed by atoms with Crippen molar-refractivity contribution in [3.05, 3.63) is 28.2 Å². The predicted octanol–water partition coefficient (Wildman–Crippen LogP) is 4.01. The molecule has 0 N–H and O–H groups in total. The zero-order valence-corrected chi connectivity index (χ0v) is 12.4. The van der Waals surface area contributed by atoms with E-state index in [0.29, 0.717) is 12.2 Å². The van der Waals surface area contributed by atoms with Crippen molar-refractivity contribution in [2.24, 2.45) is 5.41 Å². The van der Waals surface area contributed by atoms with E-state index >= 15 is 0 Å². The molecule has 0 fully saturated rings. The van der Waals surface area contributed by atoms with Gasteiger partial charge in [-0.15, -0.1) is 0 Å². The summed E-state index contributed by atoms with van der Waals surface area (Å²) in [6.45, 7) is 5.87. The minimum absolute atomic E-state index is 0.246. The lowest BCUT2D eigenvalue weighted by molar-refractivity contribution is -0.126. The van der Waals surface area contributed by atoms with E-state index in [0.717, 1.165) is 22.2 Å². The Morgan fingerprint density at radius 2 is 2.00 bits per heavy atom. The Balaban J connectivity index is 2.65. The maximum atomic E-state index is 11.8. The molecule has 1 aromatic rings. The van der Waals surface area contributed by atoms with Crippen molar-refractivity contribution in [2.75, 3.05) is 7.11 Å². The highest BCUT2D eigenvalue weighted by Crippen LogP contribution is 2.26. The van der Waals surface area contributed by atoms with Gasteiger partial charge in [-0.2, -0.15) is 0 Å². The Kier molecular flexibility index (Phi) is 4.75. The zero-order valence-electron chi connectivity index (χ0n) is 10.8. The molecule has 0 aromatic heterocycles. The third-order valence-electron chi connectivity index (χ3n) is 2.69. The van der Waals surface area contributed by atoms with Crippen molar-refractivity contribution in [1.29, 1.82) is 0 Å². The molecule has 1 aromatic carbocycles. The summed E-state index contributed by atoms with van der Waals surface area (Å²) in [6.07, 6.45) is 1.36. The molecule has 0 unspecified atom stereocenters. The summed E-state index contributed by atoms with van der Waals surface area (Å²) in [5.41, 5.74) is 0.902. The maximum Gasteiger partial charge on any atom is 0.138 e. The van der Waals surface area contributed by atoms with Gasteiger partial charge in [-0.1, -0.05) is 26.8 Å². The first-order valence-electron chi connectivity index (χ1n) is 5.70. The fraction of sp³-hybridized carbons (Fsp3) is 0.500. The summed E-state index contributed by atoms with van der Waals surface area (Å²) in [4.78, 5) is 11.8. The molecule has 17 heavy (non-hydrogen) atoms. The van der Waals surface area contributed by atoms with Crippen LogP contribution in [0.3, 0.4) is 0 Å². The second kappa shape index (κ2) is 5.67. The lowest BCUT2D eigenvalue weighted by atomic mass is 9.87. The number of halogens is 1. The smallest absolute Gasteiger partial charge is 0.138 e. The van der Waals surface area contributed by atoms with Crippen LogP contribution in [0.2, 0.25) is 0 Å². The fourth-order valence-corrected chi connectivity index (χ4v) is 2.09. The summed E-state index contributed by atoms with van der Waals surface area (Å²) in [5, 5.41) is 0. The van der Waals surface area contributed by atoms with E-state index in [-0.39, 0.29) is 5.41 Å². The molecule has 0 amide bonds. The second-order valence-electron chi connectivity index (χ2n) is 5.14. The van der Waals surface area contributed by atoms with Gasteiger partial charge in [-0.05, 0) is 40.0 Å². The van der Waals surface area contributed by atoms with E-state index in [2.05, 4.69) is 15.9 Å². The molecule has 0 radical (unpaired) electrons. The van der Waals surface area contributed by atoms with Crippen molar-refractivity contribution in [3.63, 3.8) is 0 Å². The first kappa shape index (κ1) is 14.2. The minimum atomic E-state index is -0.246. The van der Waals surface area contributed by atoms with E-state index in [1.54, 1.807) is 7.11 Å². The van der Waals surface area contributed by atoms with Gasteiger partial charge < -0.3 is 4.74 Å². The van der Waals surface area contributed by atoms with Crippen LogP contribution in [0.4, 0.5) is 0 Å². The van der Waals surface area contributed by atoms with Gasteiger partial charge in [0.1, 0.15) is 11.5 Å². The predicted molar refractivity (Wildman–Crippen MR) is 73.5 cm³/mol. The molecule has 0 atom stereocenters. The Bertz CT molecular complexity index is 405. The Hall–Kier alpha value is -0.830. The van der Waals surface area contributed by atoms with E-state index < -0.39 is 0 Å². The Labute approximate surface area is 111 Å². The lowest BCUT2D eigenvalue weighted by Crippen LogP contribution is -2.20. The third-order valence-corrected chi connectivity index (χ3v) is 3.31. The summed E-state index contributed by atoms with van der Waals surface area (Å²) >= 11 is 3.44. The first-order chi connectivity index (χ1) is 7.84. The number of methoxy groups -OCH3 is 1. The highest BCUT2D eigenvalue weighted by atomic mass is 79.9. The average Bonchev–Trinajstić information content (AvgIpc) is 2.24. The van der Waals surface area contributed by atoms with Gasteiger partial charge in [0, 0.05) is 11.8 Å². The second-order valence-corrected chi connectivity index (χ2v) is 6.00. The summed E-state index contributed by atoms with van der Waals surface area (Å²) in [6, 6.07) is 5.93. The van der Waals surface area contributed by atoms with Gasteiger partial charge >= 0.3 is 0 Å². The third kappa shape index (κ3) is 4.15. The molecule has 2 nitrogen and oxygen atoms in total. The highest BCUT2D eigenvalue weighted by molar-refractivity contribution is 9.10. The monoisotopic (exact) mass is 298 g/mol. The van der Waals surface area contributed by atoms with Crippen LogP contribution in [-0.4, -0.2) is 12.9 Å². The maximum absolute atomic E-state index is 11.8. The molecule has 0 aliphatic carbocycles. The Morgan fingerprint density at radius 1 is 1.35 bits per heavy atom. The molecular weight excluding hydrogens is 280 g/mol. The highest BCUT2D eigenvalue weighted by Gasteiger charge is 2.20. The van der Waals surface area contributed by atoms with E-state index in [9.17, 15) is 4.79 Å². The fourth-order valence-electron chi connectivity index (χ4n) is 1.50. The van der Waals surface area contributed by atoms with E-state index in [1.165, 1.54) is 0 Å². The van der Waals surface area contributed by atoms with Gasteiger partial charge in [0.25, 0.3) is 0 Å². The van der Waals surface area contributed by atoms with Crippen molar-refractivity contribution in [3.8, 4) is 5.75 Å². The van der Waals surface area contributed by atoms with Crippen molar-refractivity contribution in [1.82, 2.24) is 0 Å². The molecule has 0 aliphatic rings. The molecule has 0 spiro atoms. The van der Waals surface area contributed by atoms with Gasteiger partial charge in [0.05, 0.1) is 11.6 Å². The van der Waals surface area contributed by atoms with Gasteiger partial charge in [-0.25, -0.2) is 0 Å². The zero-order chi connectivity index (χ0) is 13.1. The normalized spacial score (nSPS) is 11.4. The first-order valence-corrected chi connectivity index (χ1v) is 6.49. The van der Waals surface area contributed by atoms with E-state index in [1.807, 2.05) is 39.0 Å². The number of hydrogen-bond acceptors (Lipinski definition) is 2. The van der Waals surface area contributed by atoms with Gasteiger partial charge in [-0.3, -0.25) is 4.79 Å². The largest absolute Gasteiger partial charge is 0.496 e. The standard InChI is InChI=1S/C14H19BrO2/c1-14(2,3)13(16)8-6-10-5-7-12(17-4)11(15)9-10/h5,7,9H,6,8H2,1-4H3. The van der Waals surface area contributed by atoms with Gasteiger partial charge in [0.2, 0.25) is 0 Å². The van der Waals surface area contributed by atoms with Crippen LogP contribution in [0.25, 0.3) is 0 Å². The number of carbonyl (C=O) groups excluding carboxylic acids is 1. The number of carbonyl (C=O) groups is 1. The molecule has 94 valence electrons. The molecule has 0 aliphatic heterocycles. The molecule has 0 heterocycles. The van der Waals surface area contributed by atoms with Crippen LogP contribution in [0.5, 0.6) is 5.75 Å². The van der Waals surface area contributed by atoms with Crippen LogP contribution in [0, 0.1) is 5.41 Å². The Morgan fingerprint density at radius 3 is 2.47 bits per heavy atom. The van der Waals surface area contributed by atoms with Gasteiger partial charge in [0.15, 0.2) is 0 Å². The molecule has 1 rings (SSSR count). The average molecular weight is 299 g/mol. The van der Waals surface area contributed by atoms with Crippen LogP contribution >= 0.6 is 15.9 Å². The number of ether oxygens (including phenoxy) is 1. The molecule has 0 bridgehead atoms. The van der Waals surface area contributed by atoms with Crippen LogP contribution in [-0.2, 0) is 11.2 Å². The number of aryl methyl sites for hydroxylation is 1. The van der Waals surface area contributed by atoms with Crippen LogP contribution in [0.15, 0.2) is 22.7 Å². The SMILES string of the molecule is COc1ccc(CCC(=O)C(C)(C)C)cc1Br. The van der Waals surface area contributed by atoms with Crippen molar-refractivity contribution in [2.45, 2.75) is 33.6 Å². The molecule has 0 saturated carbocycles. The number of hydrogen-bond donors (Lipinski definition) is 0. The number of benzene rings is 1. The molecule has 3 heteroatoms. The number of ketones is 1. The summed E-state index contributed by atoms with van der Waals surface area (Å²) in [7, 11) is 1.64. The van der Waals surface area contributed by atoms with Crippen molar-refractivity contribution >= 4 is 21.7 Å². The number of rotatable bonds is 4. The summed E-state index contributed by atoms with van der Waals surface area (Å²) < 4.78 is 6.10. The summed E-state index contributed by atoms with van der Waals surface area (Å²) in [5.74, 6) is 1.11. The van der Waals surface area contributed by atoms with Crippen molar-refractivity contribution < 1.29 is 9.53 Å². The topological polar surface area (TPSA) is 26.3 Å². The number of Topliss-reactive ketones (excluding diaryl/α,β-unsaturated/α-hetero) is 1. The quantitative estimate of drug-likeness (QED) is 0.840. The molecule has 0 saturated heterocycles. The minimum Gasteiger partial charge on any atom is -0.496 e. The van der Waals surface area contributed by atoms with Crippen LogP contribution < -0.4 is 4.74 Å². The van der Waals surface area contributed by atoms with E-state index in [4.69, 9.17) is 4.74 Å². The molecular formula is C14H19BrO2. The van der Waals surface area contributed by atoms with Crippen LogP contribution in [0.1, 0.15) is 32.8 Å².